The van der Waals surface area contributed by atoms with Crippen molar-refractivity contribution in [1.82, 2.24) is 10.3 Å². The molecule has 1 saturated heterocycles. The van der Waals surface area contributed by atoms with Gasteiger partial charge in [0.1, 0.15) is 11.4 Å². The first-order valence-corrected chi connectivity index (χ1v) is 12.7. The van der Waals surface area contributed by atoms with E-state index in [2.05, 4.69) is 27.3 Å². The van der Waals surface area contributed by atoms with Gasteiger partial charge in [0, 0.05) is 45.2 Å². The lowest BCUT2D eigenvalue weighted by Crippen LogP contribution is -2.58. The van der Waals surface area contributed by atoms with Crippen LogP contribution in [0.5, 0.6) is 5.75 Å². The van der Waals surface area contributed by atoms with Crippen molar-refractivity contribution in [2.24, 2.45) is 0 Å². The quantitative estimate of drug-likeness (QED) is 0.292. The molecule has 8 nitrogen and oxygen atoms in total. The minimum atomic E-state index is -2.97. The molecule has 1 aromatic carbocycles. The number of nitrogens with one attached hydrogen (secondary N) is 3. The van der Waals surface area contributed by atoms with Crippen LogP contribution in [0.2, 0.25) is 0 Å². The largest absolute Gasteiger partial charge is 0.435 e. The first-order chi connectivity index (χ1) is 16.6. The average molecular weight is 525 g/mol. The molecule has 0 atom stereocenters. The second-order valence-electron chi connectivity index (χ2n) is 9.91. The van der Waals surface area contributed by atoms with Crippen molar-refractivity contribution < 1.29 is 27.6 Å². The van der Waals surface area contributed by atoms with Gasteiger partial charge in [0.05, 0.1) is 22.5 Å². The minimum absolute atomic E-state index is 0.0498. The number of hydrogen-bond acceptors (Lipinski definition) is 8. The van der Waals surface area contributed by atoms with Crippen LogP contribution >= 0.6 is 0 Å². The van der Waals surface area contributed by atoms with Crippen molar-refractivity contribution in [3.8, 4) is 5.75 Å². The maximum atomic E-state index is 12.5. The molecule has 0 amide bonds. The summed E-state index contributed by atoms with van der Waals surface area (Å²) >= 11 is 0. The Morgan fingerprint density at radius 2 is 1.92 bits per heavy atom. The first kappa shape index (κ1) is 29.5. The summed E-state index contributed by atoms with van der Waals surface area (Å²) in [6.45, 7) is 5.92. The number of carbonyl (C=O) groups excluding carboxylic acids is 1. The third-order valence-electron chi connectivity index (χ3n) is 6.17. The van der Waals surface area contributed by atoms with Crippen LogP contribution in [0.1, 0.15) is 56.2 Å². The van der Waals surface area contributed by atoms with Gasteiger partial charge >= 0.3 is 6.61 Å². The highest BCUT2D eigenvalue weighted by atomic mass is 32.2. The van der Waals surface area contributed by atoms with Crippen LogP contribution in [0, 0.1) is 5.41 Å². The highest BCUT2D eigenvalue weighted by molar-refractivity contribution is 7.86. The Hall–Kier alpha value is -2.76. The molecule has 0 radical (unpaired) electrons. The predicted octanol–water partition coefficient (Wildman–Crippen LogP) is 3.60. The molecule has 1 fully saturated rings. The summed E-state index contributed by atoms with van der Waals surface area (Å²) in [5, 5.41) is 25.1. The number of anilines is 1. The van der Waals surface area contributed by atoms with Crippen LogP contribution in [0.3, 0.4) is 0 Å². The molecule has 0 spiro atoms. The number of ether oxygens (including phenoxy) is 1. The molecule has 3 rings (SSSR count). The third kappa shape index (κ3) is 7.62. The second-order valence-corrected chi connectivity index (χ2v) is 11.4. The van der Waals surface area contributed by atoms with Gasteiger partial charge < -0.3 is 20.5 Å². The SMILES string of the molecule is CC(C)(O)C(C)(C)Nc1cc(C=O)cnc1C(=N)c1cccc(OC(F)F)c1.CNC1(C)CS(=O)C1. The summed E-state index contributed by atoms with van der Waals surface area (Å²) in [7, 11) is 1.39. The van der Waals surface area contributed by atoms with E-state index in [1.54, 1.807) is 33.8 Å². The van der Waals surface area contributed by atoms with E-state index in [-0.39, 0.29) is 22.7 Å². The van der Waals surface area contributed by atoms with Gasteiger partial charge in [-0.2, -0.15) is 8.78 Å². The molecule has 2 aromatic rings. The van der Waals surface area contributed by atoms with Gasteiger partial charge in [-0.1, -0.05) is 12.1 Å². The number of nitrogens with zero attached hydrogens (tertiary/aromatic N) is 1. The summed E-state index contributed by atoms with van der Waals surface area (Å²) in [4.78, 5) is 15.4. The monoisotopic (exact) mass is 524 g/mol. The molecule has 1 aliphatic heterocycles. The number of aromatic nitrogens is 1. The Morgan fingerprint density at radius 1 is 1.28 bits per heavy atom. The lowest BCUT2D eigenvalue weighted by atomic mass is 9.85. The topological polar surface area (TPSA) is 124 Å². The molecular weight excluding hydrogens is 490 g/mol. The Bertz CT molecular complexity index is 1110. The molecule has 11 heteroatoms. The number of aliphatic hydroxyl groups is 1. The smallest absolute Gasteiger partial charge is 0.387 e. The van der Waals surface area contributed by atoms with E-state index in [0.717, 1.165) is 11.5 Å². The maximum Gasteiger partial charge on any atom is 0.387 e. The summed E-state index contributed by atoms with van der Waals surface area (Å²) in [6.07, 6.45) is 1.94. The minimum Gasteiger partial charge on any atom is -0.435 e. The highest BCUT2D eigenvalue weighted by Crippen LogP contribution is 2.29. The van der Waals surface area contributed by atoms with Gasteiger partial charge in [-0.25, -0.2) is 0 Å². The fraction of sp³-hybridized carbons (Fsp3) is 0.480. The number of alkyl halides is 2. The molecular formula is C25H34F2N4O4S. The van der Waals surface area contributed by atoms with E-state index in [0.29, 0.717) is 23.1 Å². The lowest BCUT2D eigenvalue weighted by Gasteiger charge is -2.39. The first-order valence-electron chi connectivity index (χ1n) is 11.2. The van der Waals surface area contributed by atoms with Gasteiger partial charge in [-0.3, -0.25) is 19.4 Å². The lowest BCUT2D eigenvalue weighted by molar-refractivity contribution is -0.0498. The van der Waals surface area contributed by atoms with Gasteiger partial charge in [0.2, 0.25) is 0 Å². The summed E-state index contributed by atoms with van der Waals surface area (Å²) < 4.78 is 39.9. The zero-order valence-electron chi connectivity index (χ0n) is 21.3. The van der Waals surface area contributed by atoms with Gasteiger partial charge in [-0.05, 0) is 59.9 Å². The van der Waals surface area contributed by atoms with Gasteiger partial charge in [0.25, 0.3) is 0 Å². The molecule has 1 aliphatic rings. The normalized spacial score (nSPS) is 19.6. The standard InChI is InChI=1S/C20H23F2N3O3.C5H11NOS/c1-19(2,20(3,4)27)25-15-8-12(11-26)10-24-17(15)16(23)13-6-5-7-14(9-13)28-18(21)22;1-5(6-2)3-8(7)4-5/h5-11,18,23,25,27H,1-4H3;6H,3-4H2,1-2H3. The zero-order chi connectivity index (χ0) is 27.3. The molecule has 1 aromatic heterocycles. The Kier molecular flexibility index (Phi) is 9.44. The summed E-state index contributed by atoms with van der Waals surface area (Å²) in [5.41, 5.74) is -0.648. The third-order valence-corrected chi connectivity index (χ3v) is 8.09. The number of pyridine rings is 1. The second kappa shape index (κ2) is 11.5. The van der Waals surface area contributed by atoms with Crippen LogP contribution in [-0.4, -0.2) is 68.1 Å². The van der Waals surface area contributed by atoms with Crippen molar-refractivity contribution in [3.05, 3.63) is 53.3 Å². The fourth-order valence-corrected chi connectivity index (χ4v) is 4.73. The number of aldehydes is 1. The average Bonchev–Trinajstić information content (AvgIpc) is 2.76. The van der Waals surface area contributed by atoms with E-state index < -0.39 is 28.6 Å². The molecule has 2 heterocycles. The van der Waals surface area contributed by atoms with Crippen molar-refractivity contribution in [3.63, 3.8) is 0 Å². The fourth-order valence-electron chi connectivity index (χ4n) is 3.11. The van der Waals surface area contributed by atoms with Crippen LogP contribution in [-0.2, 0) is 10.8 Å². The van der Waals surface area contributed by atoms with Crippen molar-refractivity contribution >= 4 is 28.5 Å². The molecule has 0 aliphatic carbocycles. The Labute approximate surface area is 212 Å². The van der Waals surface area contributed by atoms with Gasteiger partial charge in [-0.15, -0.1) is 0 Å². The van der Waals surface area contributed by atoms with E-state index in [4.69, 9.17) is 5.41 Å². The molecule has 36 heavy (non-hydrogen) atoms. The van der Waals surface area contributed by atoms with Crippen molar-refractivity contribution in [2.75, 3.05) is 23.9 Å². The van der Waals surface area contributed by atoms with E-state index in [1.165, 1.54) is 30.5 Å². The Balaban J connectivity index is 0.000000482. The van der Waals surface area contributed by atoms with Crippen LogP contribution in [0.25, 0.3) is 0 Å². The van der Waals surface area contributed by atoms with E-state index in [1.807, 2.05) is 7.05 Å². The van der Waals surface area contributed by atoms with Crippen LogP contribution in [0.4, 0.5) is 14.5 Å². The number of hydrogen-bond donors (Lipinski definition) is 4. The molecule has 0 saturated carbocycles. The zero-order valence-corrected chi connectivity index (χ0v) is 22.1. The molecule has 198 valence electrons. The van der Waals surface area contributed by atoms with Gasteiger partial charge in [0.15, 0.2) is 6.29 Å². The predicted molar refractivity (Wildman–Crippen MR) is 138 cm³/mol. The van der Waals surface area contributed by atoms with Crippen LogP contribution < -0.4 is 15.4 Å². The van der Waals surface area contributed by atoms with Crippen LogP contribution in [0.15, 0.2) is 36.5 Å². The molecule has 0 bridgehead atoms. The summed E-state index contributed by atoms with van der Waals surface area (Å²) in [6, 6.07) is 7.27. The number of rotatable bonds is 9. The summed E-state index contributed by atoms with van der Waals surface area (Å²) in [5.74, 6) is 1.57. The van der Waals surface area contributed by atoms with Crippen molar-refractivity contribution in [1.29, 1.82) is 5.41 Å². The van der Waals surface area contributed by atoms with E-state index >= 15 is 0 Å². The number of benzene rings is 1. The molecule has 0 unspecified atom stereocenters. The van der Waals surface area contributed by atoms with Crippen molar-refractivity contribution in [2.45, 2.75) is 57.9 Å². The van der Waals surface area contributed by atoms with E-state index in [9.17, 15) is 22.9 Å². The number of halogens is 2. The molecule has 4 N–H and O–H groups in total. The maximum absolute atomic E-state index is 12.5. The number of carbonyl (C=O) groups is 1. The Morgan fingerprint density at radius 3 is 2.39 bits per heavy atom. The highest BCUT2D eigenvalue weighted by Gasteiger charge is 2.36.